The van der Waals surface area contributed by atoms with E-state index >= 15 is 0 Å². The van der Waals surface area contributed by atoms with Gasteiger partial charge in [-0.15, -0.1) is 0 Å². The number of fused-ring (bicyclic) bond motifs is 1. The molecule has 2 heterocycles. The lowest BCUT2D eigenvalue weighted by molar-refractivity contribution is 0.624. The Labute approximate surface area is 334 Å². The highest BCUT2D eigenvalue weighted by atomic mass is 31.0. The number of hydrogen-bond donors (Lipinski definition) is 0. The molecular weight excluding hydrogens is 755 g/mol. The van der Waals surface area contributed by atoms with Crippen LogP contribution in [0.2, 0.25) is 66.5 Å². The predicted molar refractivity (Wildman–Crippen MR) is 261 cm³/mol. The van der Waals surface area contributed by atoms with Gasteiger partial charge in [0.05, 0.1) is 0 Å². The average molecular weight is 846 g/mol. The topological polar surface area (TPSA) is 12.4 Å². The Morgan fingerprint density at radius 3 is 0.846 bits per heavy atom. The SMILES string of the molecule is CC(C)(C)[Si](C)(C(C)(C)C)[Si]12[Si](/N=C/c3ccccc3)[Si]1([Si](C)(C(C)(C)C)C(C)(C)C)[Si]2([Si](C)(C(C)(C)C)C(C)(C)C)[Si](C)(C(C)(C)C)C(C)(C)C. The Hall–Kier alpha value is 0.625. The molecule has 0 bridgehead atoms. The molecule has 9 heteroatoms. The molecule has 0 N–H and O–H groups in total. The van der Waals surface area contributed by atoms with E-state index < -0.39 is 56.8 Å². The number of rotatable bonds is 6. The summed E-state index contributed by atoms with van der Waals surface area (Å²) < 4.78 is 6.47. The highest BCUT2D eigenvalue weighted by molar-refractivity contribution is 8.77. The Bertz CT molecular complexity index is 1380. The fraction of sp³-hybridized carbons (Fsp3) is 0.837. The van der Waals surface area contributed by atoms with E-state index in [1.54, 1.807) is 0 Å². The van der Waals surface area contributed by atoms with Gasteiger partial charge in [0.2, 0.25) is 0 Å². The standard InChI is InChI=1S/C43H90NSi8/c1-36(2,3)46(25,37(4,5)6)50-45(44-34-35-32-30-29-31-33-35)51(50,47(26,38(7,8)9)39(10,11)12)52(50,48(27,40(13,14)15)41(16,17)18)49(28,42(19,20)21)43(22,23)24/h29-34H,1-28H3/b44-34+. The molecule has 0 spiro atoms. The maximum Gasteiger partial charge on any atom is 0.153 e. The zero-order valence-electron chi connectivity index (χ0n) is 40.4. The fourth-order valence-electron chi connectivity index (χ4n) is 15.1. The third-order valence-corrected chi connectivity index (χ3v) is 290. The van der Waals surface area contributed by atoms with Crippen molar-refractivity contribution in [3.8, 4) is 0 Å². The summed E-state index contributed by atoms with van der Waals surface area (Å²) in [5.41, 5.74) is 1.34. The summed E-state index contributed by atoms with van der Waals surface area (Å²) >= 11 is 0. The lowest BCUT2D eigenvalue weighted by Crippen LogP contribution is -2.94. The molecule has 0 amide bonds. The second-order valence-corrected chi connectivity index (χ2v) is 124. The molecule has 1 nitrogen and oxygen atoms in total. The van der Waals surface area contributed by atoms with Crippen molar-refractivity contribution in [3.05, 3.63) is 35.9 Å². The molecule has 1 aromatic carbocycles. The largest absolute Gasteiger partial charge is 0.338 e. The van der Waals surface area contributed by atoms with Crippen LogP contribution in [0, 0.1) is 0 Å². The minimum Gasteiger partial charge on any atom is -0.338 e. The summed E-state index contributed by atoms with van der Waals surface area (Å²) in [6, 6.07) is 11.3. The molecular formula is C43H90NSi8. The lowest BCUT2D eigenvalue weighted by atomic mass is 10.2. The summed E-state index contributed by atoms with van der Waals surface area (Å²) in [5.74, 6) is 0. The summed E-state index contributed by atoms with van der Waals surface area (Å²) in [6.07, 6.45) is -3.70. The lowest BCUT2D eigenvalue weighted by Gasteiger charge is -2.73. The van der Waals surface area contributed by atoms with Gasteiger partial charge in [0.25, 0.3) is 0 Å². The smallest absolute Gasteiger partial charge is 0.153 e. The molecule has 1 aromatic rings. The molecule has 0 aromatic heterocycles. The van der Waals surface area contributed by atoms with Gasteiger partial charge in [-0.2, -0.15) is 0 Å². The Kier molecular flexibility index (Phi) is 11.1. The minimum atomic E-state index is -2.12. The third kappa shape index (κ3) is 5.08. The van der Waals surface area contributed by atoms with Gasteiger partial charge in [-0.25, -0.2) is 0 Å². The van der Waals surface area contributed by atoms with Crippen molar-refractivity contribution in [1.82, 2.24) is 0 Å². The normalized spacial score (nSPS) is 24.7. The van der Waals surface area contributed by atoms with Crippen LogP contribution in [0.1, 0.15) is 172 Å². The van der Waals surface area contributed by atoms with E-state index in [1.807, 2.05) is 0 Å². The molecule has 2 atom stereocenters. The van der Waals surface area contributed by atoms with E-state index in [0.29, 0.717) is 40.3 Å². The van der Waals surface area contributed by atoms with Crippen molar-refractivity contribution in [2.24, 2.45) is 4.66 Å². The molecule has 0 saturated carbocycles. The summed E-state index contributed by atoms with van der Waals surface area (Å²) in [7, 11) is -9.34. The molecule has 2 aliphatic heterocycles. The van der Waals surface area contributed by atoms with Crippen LogP contribution in [0.25, 0.3) is 0 Å². The first-order valence-electron chi connectivity index (χ1n) is 20.9. The van der Waals surface area contributed by atoms with Crippen LogP contribution < -0.4 is 0 Å². The van der Waals surface area contributed by atoms with Crippen molar-refractivity contribution >= 4 is 63.0 Å². The molecule has 2 aliphatic rings. The average Bonchev–Trinajstić information content (AvgIpc) is 3.71. The summed E-state index contributed by atoms with van der Waals surface area (Å²) in [6.45, 7) is 79.7. The Balaban J connectivity index is 3.10. The van der Waals surface area contributed by atoms with Gasteiger partial charge in [-0.1, -0.05) is 223 Å². The number of nitrogens with zero attached hydrogens (tertiary/aromatic N) is 1. The maximum atomic E-state index is 6.47. The van der Waals surface area contributed by atoms with E-state index in [0.717, 1.165) is 0 Å². The minimum absolute atomic E-state index is 0.334. The number of benzene rings is 1. The Morgan fingerprint density at radius 1 is 0.404 bits per heavy atom. The van der Waals surface area contributed by atoms with Crippen molar-refractivity contribution < 1.29 is 0 Å². The van der Waals surface area contributed by atoms with Crippen molar-refractivity contribution in [2.75, 3.05) is 0 Å². The second kappa shape index (κ2) is 12.3. The highest BCUT2D eigenvalue weighted by Gasteiger charge is 3.21. The fourth-order valence-corrected chi connectivity index (χ4v) is 667. The van der Waals surface area contributed by atoms with E-state index in [1.165, 1.54) is 5.56 Å². The monoisotopic (exact) mass is 845 g/mol. The van der Waals surface area contributed by atoms with E-state index in [-0.39, 0.29) is 0 Å². The van der Waals surface area contributed by atoms with Crippen LogP contribution in [0.4, 0.5) is 0 Å². The zero-order valence-corrected chi connectivity index (χ0v) is 48.4. The van der Waals surface area contributed by atoms with Crippen LogP contribution in [0.3, 0.4) is 0 Å². The van der Waals surface area contributed by atoms with E-state index in [4.69, 9.17) is 4.66 Å². The van der Waals surface area contributed by atoms with Crippen LogP contribution in [0.15, 0.2) is 35.0 Å². The quantitative estimate of drug-likeness (QED) is 0.200. The van der Waals surface area contributed by atoms with Crippen LogP contribution in [-0.2, 0) is 0 Å². The van der Waals surface area contributed by atoms with Gasteiger partial charge >= 0.3 is 0 Å². The summed E-state index contributed by atoms with van der Waals surface area (Å²) in [4.78, 5) is 0. The zero-order chi connectivity index (χ0) is 41.6. The maximum absolute atomic E-state index is 6.47. The molecule has 2 unspecified atom stereocenters. The molecule has 3 rings (SSSR count). The summed E-state index contributed by atoms with van der Waals surface area (Å²) in [5, 5.41) is 2.68. The molecule has 52 heavy (non-hydrogen) atoms. The van der Waals surface area contributed by atoms with Crippen molar-refractivity contribution in [3.63, 3.8) is 0 Å². The van der Waals surface area contributed by atoms with Gasteiger partial charge in [-0.3, -0.25) is 0 Å². The Morgan fingerprint density at radius 2 is 0.635 bits per heavy atom. The first kappa shape index (κ1) is 47.0. The third-order valence-electron chi connectivity index (χ3n) is 18.4. The van der Waals surface area contributed by atoms with Crippen LogP contribution >= 0.6 is 0 Å². The van der Waals surface area contributed by atoms with Gasteiger partial charge < -0.3 is 4.66 Å². The van der Waals surface area contributed by atoms with E-state index in [9.17, 15) is 0 Å². The molecule has 1 radical (unpaired) electrons. The number of hydrogen-bond acceptors (Lipinski definition) is 1. The second-order valence-electron chi connectivity index (χ2n) is 26.8. The van der Waals surface area contributed by atoms with Gasteiger partial charge in [0.1, 0.15) is 0 Å². The molecule has 0 aliphatic carbocycles. The molecule has 2 fully saturated rings. The van der Waals surface area contributed by atoms with Crippen LogP contribution in [-0.4, -0.2) is 63.0 Å². The van der Waals surface area contributed by atoms with Gasteiger partial charge in [0.15, 0.2) is 7.99 Å². The van der Waals surface area contributed by atoms with Crippen molar-refractivity contribution in [1.29, 1.82) is 0 Å². The molecule has 299 valence electrons. The van der Waals surface area contributed by atoms with E-state index in [2.05, 4.69) is 229 Å². The first-order chi connectivity index (χ1) is 22.5. The van der Waals surface area contributed by atoms with Gasteiger partial charge in [-0.05, 0) is 45.9 Å². The van der Waals surface area contributed by atoms with Crippen LogP contribution in [0.5, 0.6) is 0 Å². The highest BCUT2D eigenvalue weighted by Crippen LogP contribution is 2.92. The molecule has 2 saturated heterocycles. The van der Waals surface area contributed by atoms with Gasteiger partial charge in [0, 0.05) is 55.0 Å². The predicted octanol–water partition coefficient (Wildman–Crippen LogP) is 14.9. The van der Waals surface area contributed by atoms with Crippen molar-refractivity contribution in [2.45, 2.75) is 233 Å². The first-order valence-corrected chi connectivity index (χ1v) is 47.4.